The number of benzene rings is 4. The molecule has 0 unspecified atom stereocenters. The quantitative estimate of drug-likeness (QED) is 0.380. The van der Waals surface area contributed by atoms with Gasteiger partial charge in [0.25, 0.3) is 0 Å². The van der Waals surface area contributed by atoms with E-state index in [1.807, 2.05) is 24.3 Å². The maximum absolute atomic E-state index is 13.0. The Morgan fingerprint density at radius 3 is 1.38 bits per heavy atom. The fraction of sp³-hybridized carbons (Fsp3) is 0. The Hall–Kier alpha value is -3.52. The van der Waals surface area contributed by atoms with Crippen LogP contribution in [-0.2, 0) is 0 Å². The lowest BCUT2D eigenvalue weighted by Crippen LogP contribution is -2.20. The Morgan fingerprint density at radius 1 is 0.423 bits per heavy atom. The first kappa shape index (κ1) is 13.7. The van der Waals surface area contributed by atoms with Crippen LogP contribution in [0.1, 0.15) is 31.8 Å². The molecule has 2 aliphatic rings. The second-order valence-electron chi connectivity index (χ2n) is 6.86. The maximum atomic E-state index is 13.0. The third kappa shape index (κ3) is 1.52. The third-order valence-corrected chi connectivity index (χ3v) is 5.55. The summed E-state index contributed by atoms with van der Waals surface area (Å²) in [6.07, 6.45) is 0. The first-order chi connectivity index (χ1) is 12.7. The van der Waals surface area contributed by atoms with Gasteiger partial charge in [-0.2, -0.15) is 0 Å². The topological polar surface area (TPSA) is 34.1 Å². The van der Waals surface area contributed by atoms with Crippen LogP contribution in [-0.4, -0.2) is 11.6 Å². The Morgan fingerprint density at radius 2 is 0.885 bits per heavy atom. The van der Waals surface area contributed by atoms with Crippen LogP contribution in [0.4, 0.5) is 0 Å². The summed E-state index contributed by atoms with van der Waals surface area (Å²) in [4.78, 5) is 26.0. The molecule has 0 saturated heterocycles. The van der Waals surface area contributed by atoms with E-state index in [9.17, 15) is 9.59 Å². The van der Waals surface area contributed by atoms with Crippen LogP contribution >= 0.6 is 0 Å². The van der Waals surface area contributed by atoms with E-state index in [2.05, 4.69) is 24.3 Å². The summed E-state index contributed by atoms with van der Waals surface area (Å²) in [6, 6.07) is 23.4. The molecule has 6 rings (SSSR count). The number of hydrogen-bond donors (Lipinski definition) is 0. The fourth-order valence-electron chi connectivity index (χ4n) is 4.38. The molecule has 0 amide bonds. The molecule has 0 radical (unpaired) electrons. The van der Waals surface area contributed by atoms with Crippen molar-refractivity contribution in [3.8, 4) is 22.3 Å². The number of carbonyl (C=O) groups is 2. The van der Waals surface area contributed by atoms with E-state index in [0.29, 0.717) is 22.3 Å². The van der Waals surface area contributed by atoms with Gasteiger partial charge in [-0.15, -0.1) is 0 Å². The van der Waals surface area contributed by atoms with Gasteiger partial charge in [0.1, 0.15) is 0 Å². The number of carbonyl (C=O) groups excluding carboxylic acids is 2. The van der Waals surface area contributed by atoms with Crippen LogP contribution < -0.4 is 0 Å². The molecular formula is C24H12O2. The molecule has 2 heteroatoms. The van der Waals surface area contributed by atoms with Crippen molar-refractivity contribution in [1.82, 2.24) is 0 Å². The number of fused-ring (bicyclic) bond motifs is 5. The van der Waals surface area contributed by atoms with E-state index >= 15 is 0 Å². The summed E-state index contributed by atoms with van der Waals surface area (Å²) in [7, 11) is 0. The van der Waals surface area contributed by atoms with E-state index in [0.717, 1.165) is 22.3 Å². The van der Waals surface area contributed by atoms with Crippen molar-refractivity contribution < 1.29 is 9.59 Å². The van der Waals surface area contributed by atoms with E-state index in [1.54, 1.807) is 24.3 Å². The molecule has 2 nitrogen and oxygen atoms in total. The molecule has 0 bridgehead atoms. The molecule has 120 valence electrons. The molecule has 4 aromatic carbocycles. The van der Waals surface area contributed by atoms with Crippen molar-refractivity contribution in [2.75, 3.05) is 0 Å². The zero-order valence-corrected chi connectivity index (χ0v) is 13.7. The second-order valence-corrected chi connectivity index (χ2v) is 6.86. The Bertz CT molecular complexity index is 1210. The first-order valence-electron chi connectivity index (χ1n) is 8.63. The van der Waals surface area contributed by atoms with E-state index in [1.165, 1.54) is 10.8 Å². The summed E-state index contributed by atoms with van der Waals surface area (Å²) in [5.41, 5.74) is 6.36. The minimum absolute atomic E-state index is 0.0684. The van der Waals surface area contributed by atoms with E-state index in [4.69, 9.17) is 0 Å². The van der Waals surface area contributed by atoms with Crippen molar-refractivity contribution in [2.45, 2.75) is 0 Å². The van der Waals surface area contributed by atoms with Crippen LogP contribution in [0, 0.1) is 0 Å². The van der Waals surface area contributed by atoms with Crippen LogP contribution in [0.2, 0.25) is 0 Å². The van der Waals surface area contributed by atoms with E-state index in [-0.39, 0.29) is 11.6 Å². The highest BCUT2D eigenvalue weighted by Gasteiger charge is 2.32. The molecular weight excluding hydrogens is 320 g/mol. The summed E-state index contributed by atoms with van der Waals surface area (Å²) < 4.78 is 0. The van der Waals surface area contributed by atoms with Gasteiger partial charge in [-0.1, -0.05) is 60.7 Å². The van der Waals surface area contributed by atoms with Gasteiger partial charge in [-0.25, -0.2) is 0 Å². The molecule has 0 fully saturated rings. The predicted octanol–water partition coefficient (Wildman–Crippen LogP) is 5.26. The Balaban J connectivity index is 1.71. The van der Waals surface area contributed by atoms with Crippen molar-refractivity contribution in [2.24, 2.45) is 0 Å². The molecule has 0 heterocycles. The normalized spacial score (nSPS) is 13.5. The highest BCUT2D eigenvalue weighted by molar-refractivity contribution is 6.30. The third-order valence-electron chi connectivity index (χ3n) is 5.55. The largest absolute Gasteiger partial charge is 0.289 e. The van der Waals surface area contributed by atoms with E-state index < -0.39 is 0 Å². The minimum Gasteiger partial charge on any atom is -0.289 e. The average molecular weight is 332 g/mol. The minimum atomic E-state index is -0.0684. The van der Waals surface area contributed by atoms with Gasteiger partial charge in [0.15, 0.2) is 11.6 Å². The lowest BCUT2D eigenvalue weighted by molar-refractivity contribution is 0.0979. The van der Waals surface area contributed by atoms with Gasteiger partial charge >= 0.3 is 0 Å². The summed E-state index contributed by atoms with van der Waals surface area (Å²) in [5, 5.41) is 2.37. The van der Waals surface area contributed by atoms with Crippen molar-refractivity contribution in [3.05, 3.63) is 95.1 Å². The van der Waals surface area contributed by atoms with Gasteiger partial charge < -0.3 is 0 Å². The highest BCUT2D eigenvalue weighted by Crippen LogP contribution is 2.48. The maximum Gasteiger partial charge on any atom is 0.194 e. The second kappa shape index (κ2) is 4.55. The van der Waals surface area contributed by atoms with Crippen molar-refractivity contribution in [3.63, 3.8) is 0 Å². The standard InChI is InChI=1S/C24H12O2/c25-23-16-7-1-2-8-17(16)24(26)21-12-19-15-10-4-6-13-5-3-9-14(22(13)15)18(19)11-20(21)23/h1-12H. The first-order valence-corrected chi connectivity index (χ1v) is 8.63. The fourth-order valence-corrected chi connectivity index (χ4v) is 4.38. The van der Waals surface area contributed by atoms with Crippen molar-refractivity contribution in [1.29, 1.82) is 0 Å². The molecule has 26 heavy (non-hydrogen) atoms. The van der Waals surface area contributed by atoms with Crippen LogP contribution in [0.15, 0.2) is 72.8 Å². The molecule has 0 aliphatic heterocycles. The van der Waals surface area contributed by atoms with Gasteiger partial charge in [-0.3, -0.25) is 9.59 Å². The number of rotatable bonds is 0. The van der Waals surface area contributed by atoms with Gasteiger partial charge in [0, 0.05) is 22.3 Å². The molecule has 0 spiro atoms. The van der Waals surface area contributed by atoms with Crippen LogP contribution in [0.5, 0.6) is 0 Å². The lowest BCUT2D eigenvalue weighted by Gasteiger charge is -2.19. The number of hydrogen-bond acceptors (Lipinski definition) is 2. The summed E-state index contributed by atoms with van der Waals surface area (Å²) in [6.45, 7) is 0. The lowest BCUT2D eigenvalue weighted by atomic mass is 9.82. The molecule has 0 atom stereocenters. The van der Waals surface area contributed by atoms with Gasteiger partial charge in [0.05, 0.1) is 0 Å². The molecule has 2 aliphatic carbocycles. The Kier molecular flexibility index (Phi) is 2.41. The molecule has 0 aromatic heterocycles. The molecule has 0 saturated carbocycles. The average Bonchev–Trinajstić information content (AvgIpc) is 3.01. The zero-order valence-electron chi connectivity index (χ0n) is 13.7. The zero-order chi connectivity index (χ0) is 17.4. The van der Waals surface area contributed by atoms with Crippen LogP contribution in [0.25, 0.3) is 33.0 Å². The van der Waals surface area contributed by atoms with Gasteiger partial charge in [0.2, 0.25) is 0 Å². The predicted molar refractivity (Wildman–Crippen MR) is 102 cm³/mol. The molecule has 0 N–H and O–H groups in total. The Labute approximate surface area is 149 Å². The van der Waals surface area contributed by atoms with Crippen LogP contribution in [0.3, 0.4) is 0 Å². The summed E-state index contributed by atoms with van der Waals surface area (Å²) in [5.74, 6) is -0.137. The molecule has 4 aromatic rings. The SMILES string of the molecule is O=C1c2ccccc2C(=O)c2cc3c(cc21)-c1cccc2cccc-3c12. The number of ketones is 2. The summed E-state index contributed by atoms with van der Waals surface area (Å²) >= 11 is 0. The smallest absolute Gasteiger partial charge is 0.194 e. The monoisotopic (exact) mass is 332 g/mol. The highest BCUT2D eigenvalue weighted by atomic mass is 16.1. The van der Waals surface area contributed by atoms with Crippen molar-refractivity contribution >= 4 is 22.3 Å². The van der Waals surface area contributed by atoms with Gasteiger partial charge in [-0.05, 0) is 45.2 Å².